The molecule has 0 unspecified atom stereocenters. The molecule has 0 radical (unpaired) electrons. The van der Waals surface area contributed by atoms with Crippen LogP contribution < -0.4 is 5.32 Å². The van der Waals surface area contributed by atoms with E-state index < -0.39 is 0 Å². The van der Waals surface area contributed by atoms with Gasteiger partial charge in [0.2, 0.25) is 0 Å². The van der Waals surface area contributed by atoms with Gasteiger partial charge in [-0.05, 0) is 12.1 Å². The lowest BCUT2D eigenvalue weighted by molar-refractivity contribution is 0.429. The molecule has 0 amide bonds. The molecule has 2 aromatic rings. The van der Waals surface area contributed by atoms with E-state index in [2.05, 4.69) is 14.7 Å². The maximum Gasteiger partial charge on any atom is 0.118 e. The van der Waals surface area contributed by atoms with Crippen molar-refractivity contribution in [3.05, 3.63) is 35.4 Å². The molecule has 14 heavy (non-hydrogen) atoms. The molecule has 1 saturated heterocycles. The summed E-state index contributed by atoms with van der Waals surface area (Å²) in [5.74, 6) is 1.65. The largest absolute Gasteiger partial charge is 0.315 e. The highest BCUT2D eigenvalue weighted by Crippen LogP contribution is 2.21. The lowest BCUT2D eigenvalue weighted by Gasteiger charge is -2.25. The topological polar surface area (TPSA) is 29.3 Å². The van der Waals surface area contributed by atoms with Gasteiger partial charge in [0.05, 0.1) is 16.7 Å². The molecular formula is C10H10ClN3. The molecule has 4 heteroatoms. The fraction of sp³-hybridized carbons (Fsp3) is 0.300. The average molecular weight is 208 g/mol. The number of rotatable bonds is 1. The SMILES string of the molecule is Clc1ccc2cnc(C3CNC3)n2c1. The first-order chi connectivity index (χ1) is 6.84. The molecule has 0 spiro atoms. The molecule has 0 atom stereocenters. The van der Waals surface area contributed by atoms with Crippen molar-refractivity contribution in [2.75, 3.05) is 13.1 Å². The van der Waals surface area contributed by atoms with Crippen molar-refractivity contribution < 1.29 is 0 Å². The van der Waals surface area contributed by atoms with Crippen LogP contribution in [0.1, 0.15) is 11.7 Å². The Morgan fingerprint density at radius 3 is 3.00 bits per heavy atom. The molecule has 1 fully saturated rings. The number of hydrogen-bond acceptors (Lipinski definition) is 2. The molecular weight excluding hydrogens is 198 g/mol. The minimum atomic E-state index is 0.538. The Morgan fingerprint density at radius 2 is 2.29 bits per heavy atom. The molecule has 1 aliphatic heterocycles. The summed E-state index contributed by atoms with van der Waals surface area (Å²) in [5.41, 5.74) is 1.11. The number of aromatic nitrogens is 2. The van der Waals surface area contributed by atoms with Crippen molar-refractivity contribution >= 4 is 17.1 Å². The van der Waals surface area contributed by atoms with E-state index in [1.807, 2.05) is 24.5 Å². The number of fused-ring (bicyclic) bond motifs is 1. The molecule has 1 aliphatic rings. The van der Waals surface area contributed by atoms with E-state index in [1.54, 1.807) is 0 Å². The van der Waals surface area contributed by atoms with Gasteiger partial charge in [0, 0.05) is 25.2 Å². The zero-order chi connectivity index (χ0) is 9.54. The van der Waals surface area contributed by atoms with E-state index in [-0.39, 0.29) is 0 Å². The second-order valence-electron chi connectivity index (χ2n) is 3.61. The molecule has 1 N–H and O–H groups in total. The minimum absolute atomic E-state index is 0.538. The Labute approximate surface area is 86.7 Å². The van der Waals surface area contributed by atoms with Crippen molar-refractivity contribution in [1.29, 1.82) is 0 Å². The maximum absolute atomic E-state index is 5.95. The highest BCUT2D eigenvalue weighted by molar-refractivity contribution is 6.30. The third-order valence-corrected chi connectivity index (χ3v) is 2.89. The van der Waals surface area contributed by atoms with Crippen LogP contribution >= 0.6 is 11.6 Å². The zero-order valence-electron chi connectivity index (χ0n) is 7.57. The predicted octanol–water partition coefficient (Wildman–Crippen LogP) is 1.67. The third kappa shape index (κ3) is 1.13. The van der Waals surface area contributed by atoms with Gasteiger partial charge in [-0.2, -0.15) is 0 Å². The summed E-state index contributed by atoms with van der Waals surface area (Å²) >= 11 is 5.95. The van der Waals surface area contributed by atoms with Crippen LogP contribution in [-0.4, -0.2) is 22.5 Å². The van der Waals surface area contributed by atoms with Crippen molar-refractivity contribution in [3.8, 4) is 0 Å². The first-order valence-electron chi connectivity index (χ1n) is 4.68. The summed E-state index contributed by atoms with van der Waals surface area (Å²) in [6.07, 6.45) is 3.82. The van der Waals surface area contributed by atoms with Crippen molar-refractivity contribution in [1.82, 2.24) is 14.7 Å². The number of nitrogens with one attached hydrogen (secondary N) is 1. The van der Waals surface area contributed by atoms with Gasteiger partial charge in [-0.15, -0.1) is 0 Å². The van der Waals surface area contributed by atoms with Crippen molar-refractivity contribution in [3.63, 3.8) is 0 Å². The standard InChI is InChI=1S/C10H10ClN3/c11-8-1-2-9-5-13-10(14(9)6-8)7-3-12-4-7/h1-2,5-7,12H,3-4H2. The first-order valence-corrected chi connectivity index (χ1v) is 5.05. The maximum atomic E-state index is 5.95. The summed E-state index contributed by atoms with van der Waals surface area (Å²) in [4.78, 5) is 4.42. The van der Waals surface area contributed by atoms with Gasteiger partial charge in [-0.25, -0.2) is 4.98 Å². The summed E-state index contributed by atoms with van der Waals surface area (Å²) in [5, 5.41) is 4.00. The van der Waals surface area contributed by atoms with Gasteiger partial charge in [0.1, 0.15) is 5.82 Å². The Hall–Kier alpha value is -1.06. The van der Waals surface area contributed by atoms with E-state index in [4.69, 9.17) is 11.6 Å². The molecule has 0 aliphatic carbocycles. The number of hydrogen-bond donors (Lipinski definition) is 1. The molecule has 0 aromatic carbocycles. The van der Waals surface area contributed by atoms with Gasteiger partial charge in [-0.1, -0.05) is 11.6 Å². The normalized spacial score (nSPS) is 17.2. The van der Waals surface area contributed by atoms with Crippen LogP contribution in [0, 0.1) is 0 Å². The Kier molecular flexibility index (Phi) is 1.75. The molecule has 0 saturated carbocycles. The third-order valence-electron chi connectivity index (χ3n) is 2.67. The van der Waals surface area contributed by atoms with Crippen LogP contribution in [0.3, 0.4) is 0 Å². The van der Waals surface area contributed by atoms with E-state index in [1.165, 1.54) is 0 Å². The minimum Gasteiger partial charge on any atom is -0.315 e. The monoisotopic (exact) mass is 207 g/mol. The molecule has 3 heterocycles. The Morgan fingerprint density at radius 1 is 1.43 bits per heavy atom. The van der Waals surface area contributed by atoms with Crippen LogP contribution in [0.5, 0.6) is 0 Å². The highest BCUT2D eigenvalue weighted by Gasteiger charge is 2.22. The summed E-state index contributed by atoms with van der Waals surface area (Å²) in [6, 6.07) is 3.88. The molecule has 3 nitrogen and oxygen atoms in total. The summed E-state index contributed by atoms with van der Waals surface area (Å²) in [7, 11) is 0. The Bertz CT molecular complexity index is 473. The lowest BCUT2D eigenvalue weighted by atomic mass is 10.0. The quantitative estimate of drug-likeness (QED) is 0.771. The van der Waals surface area contributed by atoms with Crippen LogP contribution in [0.15, 0.2) is 24.5 Å². The molecule has 2 aromatic heterocycles. The van der Waals surface area contributed by atoms with Crippen LogP contribution in [0.2, 0.25) is 5.02 Å². The van der Waals surface area contributed by atoms with Gasteiger partial charge in [0.15, 0.2) is 0 Å². The number of nitrogens with zero attached hydrogens (tertiary/aromatic N) is 2. The van der Waals surface area contributed by atoms with Crippen molar-refractivity contribution in [2.24, 2.45) is 0 Å². The lowest BCUT2D eigenvalue weighted by Crippen LogP contribution is -2.40. The highest BCUT2D eigenvalue weighted by atomic mass is 35.5. The second-order valence-corrected chi connectivity index (χ2v) is 4.05. The molecule has 72 valence electrons. The van der Waals surface area contributed by atoms with Gasteiger partial charge in [0.25, 0.3) is 0 Å². The second kappa shape index (κ2) is 2.97. The van der Waals surface area contributed by atoms with Gasteiger partial charge >= 0.3 is 0 Å². The smallest absolute Gasteiger partial charge is 0.118 e. The summed E-state index contributed by atoms with van der Waals surface area (Å²) < 4.78 is 2.08. The van der Waals surface area contributed by atoms with E-state index in [0.29, 0.717) is 5.92 Å². The van der Waals surface area contributed by atoms with Crippen molar-refractivity contribution in [2.45, 2.75) is 5.92 Å². The van der Waals surface area contributed by atoms with E-state index in [9.17, 15) is 0 Å². The Balaban J connectivity index is 2.18. The number of halogens is 1. The van der Waals surface area contributed by atoms with Gasteiger partial charge in [-0.3, -0.25) is 0 Å². The van der Waals surface area contributed by atoms with E-state index >= 15 is 0 Å². The van der Waals surface area contributed by atoms with Crippen LogP contribution in [0.25, 0.3) is 5.52 Å². The summed E-state index contributed by atoms with van der Waals surface area (Å²) in [6.45, 7) is 2.04. The zero-order valence-corrected chi connectivity index (χ0v) is 8.33. The fourth-order valence-corrected chi connectivity index (χ4v) is 1.92. The molecule has 3 rings (SSSR count). The predicted molar refractivity (Wildman–Crippen MR) is 55.8 cm³/mol. The number of pyridine rings is 1. The van der Waals surface area contributed by atoms with E-state index in [0.717, 1.165) is 29.5 Å². The van der Waals surface area contributed by atoms with Crippen LogP contribution in [0.4, 0.5) is 0 Å². The average Bonchev–Trinajstić information content (AvgIpc) is 2.46. The fourth-order valence-electron chi connectivity index (χ4n) is 1.76. The first kappa shape index (κ1) is 8.26. The van der Waals surface area contributed by atoms with Crippen LogP contribution in [-0.2, 0) is 0 Å². The van der Waals surface area contributed by atoms with Gasteiger partial charge < -0.3 is 9.72 Å². The molecule has 0 bridgehead atoms. The number of imidazole rings is 1.